The number of piperidine rings is 1. The summed E-state index contributed by atoms with van der Waals surface area (Å²) < 4.78 is 7.93. The molecular formula is C16H24N6O. The Hall–Kier alpha value is -1.73. The Morgan fingerprint density at radius 1 is 1.13 bits per heavy atom. The molecule has 0 radical (unpaired) electrons. The molecule has 2 aliphatic heterocycles. The first-order valence-electron chi connectivity index (χ1n) is 8.51. The lowest BCUT2D eigenvalue weighted by Crippen LogP contribution is -2.45. The molecule has 2 unspecified atom stereocenters. The summed E-state index contributed by atoms with van der Waals surface area (Å²) in [6, 6.07) is 0.430. The van der Waals surface area contributed by atoms with Gasteiger partial charge in [0.1, 0.15) is 12.1 Å². The smallest absolute Gasteiger partial charge is 0.163 e. The Kier molecular flexibility index (Phi) is 3.90. The van der Waals surface area contributed by atoms with Crippen LogP contribution in [0.2, 0.25) is 0 Å². The summed E-state index contributed by atoms with van der Waals surface area (Å²) in [5.41, 5.74) is 0.952. The van der Waals surface area contributed by atoms with E-state index in [2.05, 4.69) is 43.8 Å². The molecular weight excluding hydrogens is 292 g/mol. The maximum absolute atomic E-state index is 5.84. The van der Waals surface area contributed by atoms with Gasteiger partial charge in [-0.05, 0) is 39.8 Å². The van der Waals surface area contributed by atoms with Crippen LogP contribution in [0.4, 0.5) is 5.82 Å². The van der Waals surface area contributed by atoms with E-state index in [4.69, 9.17) is 4.74 Å². The van der Waals surface area contributed by atoms with Crippen molar-refractivity contribution in [1.29, 1.82) is 0 Å². The summed E-state index contributed by atoms with van der Waals surface area (Å²) in [5, 5.41) is 9.09. The highest BCUT2D eigenvalue weighted by atomic mass is 16.5. The molecule has 0 aromatic carbocycles. The molecule has 7 nitrogen and oxygen atoms in total. The maximum Gasteiger partial charge on any atom is 0.163 e. The number of fused-ring (bicyclic) bond motifs is 1. The van der Waals surface area contributed by atoms with Crippen LogP contribution < -0.4 is 10.2 Å². The molecule has 4 rings (SSSR count). The molecule has 2 aliphatic rings. The molecule has 2 aromatic rings. The number of anilines is 1. The Morgan fingerprint density at radius 3 is 2.61 bits per heavy atom. The van der Waals surface area contributed by atoms with Crippen molar-refractivity contribution in [3.63, 3.8) is 0 Å². The topological polar surface area (TPSA) is 68.1 Å². The van der Waals surface area contributed by atoms with E-state index >= 15 is 0 Å². The number of nitrogens with one attached hydrogen (secondary N) is 1. The van der Waals surface area contributed by atoms with Crippen molar-refractivity contribution in [2.45, 2.75) is 44.9 Å². The minimum atomic E-state index is 0.211. The van der Waals surface area contributed by atoms with Crippen LogP contribution in [-0.4, -0.2) is 58.1 Å². The summed E-state index contributed by atoms with van der Waals surface area (Å²) in [6.45, 7) is 8.02. The van der Waals surface area contributed by atoms with E-state index in [-0.39, 0.29) is 12.2 Å². The van der Waals surface area contributed by atoms with Gasteiger partial charge in [0.2, 0.25) is 0 Å². The first-order chi connectivity index (χ1) is 11.2. The number of aromatic nitrogens is 4. The zero-order valence-corrected chi connectivity index (χ0v) is 13.8. The third-order valence-corrected chi connectivity index (χ3v) is 4.74. The molecule has 1 N–H and O–H groups in total. The largest absolute Gasteiger partial charge is 0.372 e. The highest BCUT2D eigenvalue weighted by molar-refractivity contribution is 5.86. The Morgan fingerprint density at radius 2 is 1.87 bits per heavy atom. The van der Waals surface area contributed by atoms with E-state index in [1.54, 1.807) is 6.33 Å². The number of nitrogens with zero attached hydrogens (tertiary/aromatic N) is 5. The molecule has 124 valence electrons. The van der Waals surface area contributed by atoms with E-state index in [0.717, 1.165) is 55.9 Å². The zero-order valence-electron chi connectivity index (χ0n) is 13.8. The van der Waals surface area contributed by atoms with Gasteiger partial charge < -0.3 is 15.0 Å². The SMILES string of the molecule is CC1CN(c2ncnc3c2cnn3C2CCNCC2)CC(C)O1. The first-order valence-corrected chi connectivity index (χ1v) is 8.51. The molecule has 0 bridgehead atoms. The summed E-state index contributed by atoms with van der Waals surface area (Å²) in [5.74, 6) is 0.984. The fourth-order valence-corrected chi connectivity index (χ4v) is 3.77. The molecule has 0 saturated carbocycles. The van der Waals surface area contributed by atoms with Crippen molar-refractivity contribution in [1.82, 2.24) is 25.1 Å². The second-order valence-electron chi connectivity index (χ2n) is 6.67. The third kappa shape index (κ3) is 2.79. The Labute approximate surface area is 136 Å². The van der Waals surface area contributed by atoms with Gasteiger partial charge in [-0.2, -0.15) is 5.10 Å². The quantitative estimate of drug-likeness (QED) is 0.902. The van der Waals surface area contributed by atoms with Gasteiger partial charge in [-0.25, -0.2) is 14.6 Å². The van der Waals surface area contributed by atoms with Gasteiger partial charge in [-0.15, -0.1) is 0 Å². The van der Waals surface area contributed by atoms with Gasteiger partial charge in [0.25, 0.3) is 0 Å². The predicted octanol–water partition coefficient (Wildman–Crippen LogP) is 1.36. The third-order valence-electron chi connectivity index (χ3n) is 4.74. The van der Waals surface area contributed by atoms with Gasteiger partial charge in [0.05, 0.1) is 29.8 Å². The minimum Gasteiger partial charge on any atom is -0.372 e. The monoisotopic (exact) mass is 316 g/mol. The van der Waals surface area contributed by atoms with Crippen molar-refractivity contribution >= 4 is 16.9 Å². The van der Waals surface area contributed by atoms with Crippen molar-refractivity contribution < 1.29 is 4.74 Å². The van der Waals surface area contributed by atoms with Gasteiger partial charge in [-0.3, -0.25) is 0 Å². The standard InChI is InChI=1S/C16H24N6O/c1-11-8-21(9-12(2)23-11)15-14-7-20-22(16(14)19-10-18-15)13-3-5-17-6-4-13/h7,10-13,17H,3-6,8-9H2,1-2H3. The molecule has 0 spiro atoms. The second kappa shape index (κ2) is 6.05. The van der Waals surface area contributed by atoms with Crippen LogP contribution in [0.25, 0.3) is 11.0 Å². The molecule has 2 atom stereocenters. The molecule has 0 amide bonds. The lowest BCUT2D eigenvalue weighted by Gasteiger charge is -2.36. The van der Waals surface area contributed by atoms with Gasteiger partial charge >= 0.3 is 0 Å². The van der Waals surface area contributed by atoms with Crippen LogP contribution in [-0.2, 0) is 4.74 Å². The number of ether oxygens (including phenoxy) is 1. The maximum atomic E-state index is 5.84. The van der Waals surface area contributed by atoms with Crippen LogP contribution in [0.1, 0.15) is 32.7 Å². The number of rotatable bonds is 2. The lowest BCUT2D eigenvalue weighted by molar-refractivity contribution is -0.00537. The Balaban J connectivity index is 1.70. The van der Waals surface area contributed by atoms with Crippen LogP contribution >= 0.6 is 0 Å². The second-order valence-corrected chi connectivity index (χ2v) is 6.67. The summed E-state index contributed by atoms with van der Waals surface area (Å²) in [6.07, 6.45) is 6.22. The molecule has 2 saturated heterocycles. The molecule has 2 fully saturated rings. The van der Waals surface area contributed by atoms with E-state index in [1.807, 2.05) is 6.20 Å². The minimum absolute atomic E-state index is 0.211. The first kappa shape index (κ1) is 14.8. The fraction of sp³-hybridized carbons (Fsp3) is 0.688. The van der Waals surface area contributed by atoms with Crippen molar-refractivity contribution in [2.24, 2.45) is 0 Å². The van der Waals surface area contributed by atoms with E-state index < -0.39 is 0 Å². The number of hydrogen-bond acceptors (Lipinski definition) is 6. The fourth-order valence-electron chi connectivity index (χ4n) is 3.77. The van der Waals surface area contributed by atoms with Crippen molar-refractivity contribution in [3.05, 3.63) is 12.5 Å². The van der Waals surface area contributed by atoms with Crippen LogP contribution in [0.15, 0.2) is 12.5 Å². The highest BCUT2D eigenvalue weighted by Gasteiger charge is 2.26. The lowest BCUT2D eigenvalue weighted by atomic mass is 10.1. The zero-order chi connectivity index (χ0) is 15.8. The highest BCUT2D eigenvalue weighted by Crippen LogP contribution is 2.28. The summed E-state index contributed by atoms with van der Waals surface area (Å²) in [4.78, 5) is 11.4. The van der Waals surface area contributed by atoms with Gasteiger partial charge in [-0.1, -0.05) is 0 Å². The number of morpholine rings is 1. The average molecular weight is 316 g/mol. The average Bonchev–Trinajstić information content (AvgIpc) is 2.98. The molecule has 4 heterocycles. The van der Waals surface area contributed by atoms with Crippen molar-refractivity contribution in [3.8, 4) is 0 Å². The van der Waals surface area contributed by atoms with E-state index in [1.165, 1.54) is 0 Å². The summed E-state index contributed by atoms with van der Waals surface area (Å²) in [7, 11) is 0. The van der Waals surface area contributed by atoms with Gasteiger partial charge in [0, 0.05) is 13.1 Å². The van der Waals surface area contributed by atoms with Crippen LogP contribution in [0.5, 0.6) is 0 Å². The molecule has 7 heteroatoms. The predicted molar refractivity (Wildman–Crippen MR) is 88.7 cm³/mol. The van der Waals surface area contributed by atoms with Crippen LogP contribution in [0, 0.1) is 0 Å². The molecule has 23 heavy (non-hydrogen) atoms. The van der Waals surface area contributed by atoms with Crippen LogP contribution in [0.3, 0.4) is 0 Å². The van der Waals surface area contributed by atoms with E-state index in [9.17, 15) is 0 Å². The normalized spacial score (nSPS) is 26.8. The number of hydrogen-bond donors (Lipinski definition) is 1. The Bertz CT molecular complexity index is 670. The molecule has 0 aliphatic carbocycles. The van der Waals surface area contributed by atoms with Gasteiger partial charge in [0.15, 0.2) is 5.65 Å². The van der Waals surface area contributed by atoms with Crippen molar-refractivity contribution in [2.75, 3.05) is 31.1 Å². The summed E-state index contributed by atoms with van der Waals surface area (Å²) >= 11 is 0. The van der Waals surface area contributed by atoms with E-state index in [0.29, 0.717) is 6.04 Å². The molecule has 2 aromatic heterocycles.